The lowest BCUT2D eigenvalue weighted by Gasteiger charge is -2.17. The van der Waals surface area contributed by atoms with Gasteiger partial charge in [-0.1, -0.05) is 33.3 Å². The van der Waals surface area contributed by atoms with Crippen LogP contribution in [0.3, 0.4) is 0 Å². The van der Waals surface area contributed by atoms with Crippen LogP contribution in [0.1, 0.15) is 34.1 Å². The van der Waals surface area contributed by atoms with Crippen LogP contribution in [0.2, 0.25) is 0 Å². The van der Waals surface area contributed by atoms with Crippen molar-refractivity contribution in [2.24, 2.45) is 11.8 Å². The van der Waals surface area contributed by atoms with Gasteiger partial charge in [0.1, 0.15) is 0 Å². The summed E-state index contributed by atoms with van der Waals surface area (Å²) in [5, 5.41) is 2.32. The molecule has 0 unspecified atom stereocenters. The zero-order chi connectivity index (χ0) is 10.9. The average Bonchev–Trinajstić information content (AvgIpc) is 2.29. The van der Waals surface area contributed by atoms with Crippen molar-refractivity contribution in [2.75, 3.05) is 0 Å². The molecule has 1 aliphatic rings. The minimum Gasteiger partial charge on any atom is -0.292 e. The van der Waals surface area contributed by atoms with E-state index in [0.717, 1.165) is 5.57 Å². The smallest absolute Gasteiger partial charge is 0.254 e. The second-order valence-corrected chi connectivity index (χ2v) is 4.30. The quantitative estimate of drug-likeness (QED) is 0.538. The molecule has 0 aromatic rings. The minimum atomic E-state index is -0.201. The van der Waals surface area contributed by atoms with Crippen LogP contribution < -0.4 is 5.32 Å². The standard InChI is InChI=1S/C11H17NO2/c1-6(2)10(7(3)4)8-5-9(13)12-11(8)14/h6-7H,5H2,1-4H3,(H,12,13,14). The van der Waals surface area contributed by atoms with Crippen LogP contribution in [-0.4, -0.2) is 11.8 Å². The number of imide groups is 1. The van der Waals surface area contributed by atoms with Gasteiger partial charge in [0, 0.05) is 5.57 Å². The zero-order valence-electron chi connectivity index (χ0n) is 9.18. The molecule has 1 heterocycles. The molecule has 0 aromatic carbocycles. The molecule has 1 rings (SSSR count). The van der Waals surface area contributed by atoms with Gasteiger partial charge in [0.15, 0.2) is 0 Å². The van der Waals surface area contributed by atoms with Crippen molar-refractivity contribution < 1.29 is 9.59 Å². The fraction of sp³-hybridized carbons (Fsp3) is 0.636. The Balaban J connectivity index is 3.11. The lowest BCUT2D eigenvalue weighted by atomic mass is 9.87. The monoisotopic (exact) mass is 195 g/mol. The van der Waals surface area contributed by atoms with Gasteiger partial charge in [0.2, 0.25) is 5.91 Å². The van der Waals surface area contributed by atoms with Crippen molar-refractivity contribution in [3.05, 3.63) is 11.1 Å². The highest BCUT2D eigenvalue weighted by atomic mass is 16.2. The highest BCUT2D eigenvalue weighted by molar-refractivity contribution is 6.13. The third-order valence-electron chi connectivity index (χ3n) is 2.46. The molecule has 3 heteroatoms. The molecule has 3 nitrogen and oxygen atoms in total. The topological polar surface area (TPSA) is 46.2 Å². The van der Waals surface area contributed by atoms with Gasteiger partial charge in [0.05, 0.1) is 6.42 Å². The molecule has 1 aliphatic heterocycles. The highest BCUT2D eigenvalue weighted by Gasteiger charge is 2.28. The summed E-state index contributed by atoms with van der Waals surface area (Å²) in [7, 11) is 0. The van der Waals surface area contributed by atoms with Crippen molar-refractivity contribution in [1.29, 1.82) is 0 Å². The Kier molecular flexibility index (Phi) is 3.09. The van der Waals surface area contributed by atoms with Crippen molar-refractivity contribution in [3.63, 3.8) is 0 Å². The van der Waals surface area contributed by atoms with E-state index in [1.165, 1.54) is 0 Å². The van der Waals surface area contributed by atoms with E-state index in [-0.39, 0.29) is 18.2 Å². The van der Waals surface area contributed by atoms with Crippen molar-refractivity contribution >= 4 is 11.8 Å². The molecular weight excluding hydrogens is 178 g/mol. The number of carbonyl (C=O) groups is 2. The van der Waals surface area contributed by atoms with Crippen molar-refractivity contribution in [2.45, 2.75) is 34.1 Å². The summed E-state index contributed by atoms with van der Waals surface area (Å²) in [5.41, 5.74) is 1.79. The maximum atomic E-state index is 11.4. The zero-order valence-corrected chi connectivity index (χ0v) is 9.18. The van der Waals surface area contributed by atoms with E-state index < -0.39 is 0 Å². The number of allylic oxidation sites excluding steroid dienone is 1. The van der Waals surface area contributed by atoms with Crippen LogP contribution in [0.4, 0.5) is 0 Å². The second kappa shape index (κ2) is 3.95. The van der Waals surface area contributed by atoms with Crippen molar-refractivity contribution in [1.82, 2.24) is 5.32 Å². The summed E-state index contributed by atoms with van der Waals surface area (Å²) in [6.07, 6.45) is 0.254. The fourth-order valence-electron chi connectivity index (χ4n) is 2.08. The van der Waals surface area contributed by atoms with E-state index in [4.69, 9.17) is 0 Å². The third kappa shape index (κ3) is 2.03. The summed E-state index contributed by atoms with van der Waals surface area (Å²) in [6, 6.07) is 0. The molecule has 1 fully saturated rings. The van der Waals surface area contributed by atoms with E-state index in [9.17, 15) is 9.59 Å². The summed E-state index contributed by atoms with van der Waals surface area (Å²) >= 11 is 0. The van der Waals surface area contributed by atoms with Crippen LogP contribution in [0.5, 0.6) is 0 Å². The van der Waals surface area contributed by atoms with Gasteiger partial charge in [-0.05, 0) is 11.8 Å². The Bertz CT molecular complexity index is 290. The molecule has 0 bridgehead atoms. The van der Waals surface area contributed by atoms with Crippen LogP contribution in [-0.2, 0) is 9.59 Å². The molecule has 1 N–H and O–H groups in total. The summed E-state index contributed by atoms with van der Waals surface area (Å²) in [5.74, 6) is 0.263. The van der Waals surface area contributed by atoms with Gasteiger partial charge in [-0.15, -0.1) is 0 Å². The first-order chi connectivity index (χ1) is 6.43. The van der Waals surface area contributed by atoms with E-state index in [2.05, 4.69) is 33.0 Å². The van der Waals surface area contributed by atoms with E-state index in [0.29, 0.717) is 17.4 Å². The maximum Gasteiger partial charge on any atom is 0.254 e. The van der Waals surface area contributed by atoms with Crippen LogP contribution in [0, 0.1) is 11.8 Å². The van der Waals surface area contributed by atoms with Crippen LogP contribution in [0.25, 0.3) is 0 Å². The molecule has 0 aliphatic carbocycles. The first kappa shape index (κ1) is 11.0. The lowest BCUT2D eigenvalue weighted by molar-refractivity contribution is -0.124. The normalized spacial score (nSPS) is 16.9. The molecule has 0 radical (unpaired) electrons. The Morgan fingerprint density at radius 2 is 1.64 bits per heavy atom. The largest absolute Gasteiger partial charge is 0.292 e. The Morgan fingerprint density at radius 3 is 1.93 bits per heavy atom. The Hall–Kier alpha value is -1.12. The Labute approximate surface area is 84.6 Å². The average molecular weight is 195 g/mol. The Morgan fingerprint density at radius 1 is 1.14 bits per heavy atom. The maximum absolute atomic E-state index is 11.4. The molecule has 14 heavy (non-hydrogen) atoms. The predicted molar refractivity (Wildman–Crippen MR) is 54.5 cm³/mol. The number of amides is 2. The SMILES string of the molecule is CC(C)C(=C1CC(=O)NC1=O)C(C)C. The number of rotatable bonds is 2. The first-order valence-electron chi connectivity index (χ1n) is 5.00. The van der Waals surface area contributed by atoms with Crippen molar-refractivity contribution in [3.8, 4) is 0 Å². The van der Waals surface area contributed by atoms with Crippen LogP contribution >= 0.6 is 0 Å². The van der Waals surface area contributed by atoms with E-state index >= 15 is 0 Å². The number of nitrogens with one attached hydrogen (secondary N) is 1. The molecule has 0 aromatic heterocycles. The number of hydrogen-bond donors (Lipinski definition) is 1. The van der Waals surface area contributed by atoms with Gasteiger partial charge in [-0.3, -0.25) is 14.9 Å². The van der Waals surface area contributed by atoms with E-state index in [1.54, 1.807) is 0 Å². The van der Waals surface area contributed by atoms with Crippen LogP contribution in [0.15, 0.2) is 11.1 Å². The molecular formula is C11H17NO2. The minimum absolute atomic E-state index is 0.177. The number of carbonyl (C=O) groups excluding carboxylic acids is 2. The fourth-order valence-corrected chi connectivity index (χ4v) is 2.08. The van der Waals surface area contributed by atoms with Gasteiger partial charge in [-0.25, -0.2) is 0 Å². The third-order valence-corrected chi connectivity index (χ3v) is 2.46. The van der Waals surface area contributed by atoms with Gasteiger partial charge >= 0.3 is 0 Å². The molecule has 78 valence electrons. The van der Waals surface area contributed by atoms with Gasteiger partial charge in [-0.2, -0.15) is 0 Å². The molecule has 0 atom stereocenters. The van der Waals surface area contributed by atoms with Gasteiger partial charge < -0.3 is 0 Å². The molecule has 2 amide bonds. The molecule has 1 saturated heterocycles. The second-order valence-electron chi connectivity index (χ2n) is 4.30. The molecule has 0 saturated carbocycles. The number of hydrogen-bond acceptors (Lipinski definition) is 2. The van der Waals surface area contributed by atoms with Gasteiger partial charge in [0.25, 0.3) is 5.91 Å². The van der Waals surface area contributed by atoms with E-state index in [1.807, 2.05) is 0 Å². The summed E-state index contributed by atoms with van der Waals surface area (Å²) in [4.78, 5) is 22.5. The molecule has 0 spiro atoms. The lowest BCUT2D eigenvalue weighted by Crippen LogP contribution is -2.20. The summed E-state index contributed by atoms with van der Waals surface area (Å²) in [6.45, 7) is 8.22. The predicted octanol–water partition coefficient (Wildman–Crippen LogP) is 1.64. The highest BCUT2D eigenvalue weighted by Crippen LogP contribution is 2.27. The first-order valence-corrected chi connectivity index (χ1v) is 5.00. The summed E-state index contributed by atoms with van der Waals surface area (Å²) < 4.78 is 0.